The van der Waals surface area contributed by atoms with Crippen LogP contribution in [0.4, 0.5) is 5.69 Å². The Bertz CT molecular complexity index is 1130. The van der Waals surface area contributed by atoms with Gasteiger partial charge >= 0.3 is 0 Å². The molecule has 2 aromatic carbocycles. The van der Waals surface area contributed by atoms with Crippen molar-refractivity contribution >= 4 is 31.6 Å². The molecule has 0 fully saturated rings. The predicted molar refractivity (Wildman–Crippen MR) is 124 cm³/mol. The van der Waals surface area contributed by atoms with Gasteiger partial charge in [-0.25, -0.2) is 21.1 Å². The highest BCUT2D eigenvalue weighted by Crippen LogP contribution is 2.23. The zero-order valence-electron chi connectivity index (χ0n) is 18.6. The first-order valence-corrected chi connectivity index (χ1v) is 13.2. The van der Waals surface area contributed by atoms with Crippen LogP contribution in [0.1, 0.15) is 12.5 Å². The molecule has 2 aromatic rings. The molecule has 9 nitrogen and oxygen atoms in total. The average Bonchev–Trinajstić information content (AvgIpc) is 2.74. The number of carbonyl (C=O) groups excluding carboxylic acids is 1. The van der Waals surface area contributed by atoms with Gasteiger partial charge in [0, 0.05) is 14.1 Å². The van der Waals surface area contributed by atoms with E-state index in [1.54, 1.807) is 12.1 Å². The monoisotopic (exact) mass is 483 g/mol. The predicted octanol–water partition coefficient (Wildman–Crippen LogP) is 1.46. The molecule has 0 aliphatic carbocycles. The number of para-hydroxylation sites is 1. The van der Waals surface area contributed by atoms with E-state index in [9.17, 15) is 21.6 Å². The number of ether oxygens (including phenoxy) is 1. The minimum Gasteiger partial charge on any atom is -0.492 e. The second kappa shape index (κ2) is 10.8. The first kappa shape index (κ1) is 25.6. The van der Waals surface area contributed by atoms with E-state index in [-0.39, 0.29) is 24.6 Å². The van der Waals surface area contributed by atoms with Crippen molar-refractivity contribution in [2.75, 3.05) is 44.4 Å². The Kier molecular flexibility index (Phi) is 8.65. The number of aryl methyl sites for hydroxylation is 1. The van der Waals surface area contributed by atoms with Crippen molar-refractivity contribution in [1.29, 1.82) is 0 Å². The maximum Gasteiger partial charge on any atom is 0.242 e. The van der Waals surface area contributed by atoms with Crippen LogP contribution in [0.3, 0.4) is 0 Å². The molecular formula is C21H29N3O6S2. The summed E-state index contributed by atoms with van der Waals surface area (Å²) in [5, 5.41) is 2.64. The largest absolute Gasteiger partial charge is 0.492 e. The molecule has 0 aromatic heterocycles. The van der Waals surface area contributed by atoms with Gasteiger partial charge in [-0.15, -0.1) is 0 Å². The molecular weight excluding hydrogens is 454 g/mol. The van der Waals surface area contributed by atoms with Gasteiger partial charge in [-0.2, -0.15) is 0 Å². The highest BCUT2D eigenvalue weighted by molar-refractivity contribution is 7.92. The molecule has 0 aliphatic rings. The number of anilines is 1. The Morgan fingerprint density at radius 3 is 2.19 bits per heavy atom. The van der Waals surface area contributed by atoms with Crippen LogP contribution in [0.15, 0.2) is 53.4 Å². The second-order valence-electron chi connectivity index (χ2n) is 7.21. The molecule has 2 rings (SSSR count). The van der Waals surface area contributed by atoms with Crippen molar-refractivity contribution in [3.63, 3.8) is 0 Å². The van der Waals surface area contributed by atoms with Crippen LogP contribution >= 0.6 is 0 Å². The van der Waals surface area contributed by atoms with E-state index in [4.69, 9.17) is 4.74 Å². The molecule has 0 saturated heterocycles. The Balaban J connectivity index is 1.92. The van der Waals surface area contributed by atoms with Crippen LogP contribution in [-0.4, -0.2) is 67.1 Å². The third-order valence-electron chi connectivity index (χ3n) is 4.62. The Morgan fingerprint density at radius 2 is 1.62 bits per heavy atom. The first-order valence-electron chi connectivity index (χ1n) is 9.94. The topological polar surface area (TPSA) is 113 Å². The summed E-state index contributed by atoms with van der Waals surface area (Å²) in [6.07, 6.45) is 1.70. The number of nitrogens with zero attached hydrogens (tertiary/aromatic N) is 2. The smallest absolute Gasteiger partial charge is 0.242 e. The van der Waals surface area contributed by atoms with Crippen LogP contribution in [-0.2, 0) is 31.3 Å². The maximum absolute atomic E-state index is 12.4. The second-order valence-corrected chi connectivity index (χ2v) is 11.3. The SMILES string of the molecule is CCc1ccccc1N(CC(=O)NCCOc1ccc(S(=O)(=O)N(C)C)cc1)S(C)(=O)=O. The van der Waals surface area contributed by atoms with Crippen molar-refractivity contribution in [3.05, 3.63) is 54.1 Å². The van der Waals surface area contributed by atoms with E-state index in [0.29, 0.717) is 17.9 Å². The Hall–Kier alpha value is -2.63. The maximum atomic E-state index is 12.4. The summed E-state index contributed by atoms with van der Waals surface area (Å²) in [5.74, 6) is -0.0102. The number of hydrogen-bond acceptors (Lipinski definition) is 6. The number of nitrogens with one attached hydrogen (secondary N) is 1. The number of hydrogen-bond donors (Lipinski definition) is 1. The van der Waals surface area contributed by atoms with Gasteiger partial charge in [0.1, 0.15) is 18.9 Å². The molecule has 0 bridgehead atoms. The summed E-state index contributed by atoms with van der Waals surface area (Å²) >= 11 is 0. The van der Waals surface area contributed by atoms with Crippen molar-refractivity contribution in [3.8, 4) is 5.75 Å². The van der Waals surface area contributed by atoms with Crippen molar-refractivity contribution in [2.24, 2.45) is 0 Å². The minimum absolute atomic E-state index is 0.135. The van der Waals surface area contributed by atoms with Gasteiger partial charge in [-0.3, -0.25) is 9.10 Å². The molecule has 0 heterocycles. The van der Waals surface area contributed by atoms with Crippen LogP contribution in [0, 0.1) is 0 Å². The third-order valence-corrected chi connectivity index (χ3v) is 7.58. The molecule has 1 amide bonds. The normalized spacial score (nSPS) is 11.9. The number of amides is 1. The van der Waals surface area contributed by atoms with Gasteiger partial charge in [0.2, 0.25) is 26.0 Å². The number of sulfonamides is 2. The molecule has 11 heteroatoms. The Labute approximate surface area is 190 Å². The van der Waals surface area contributed by atoms with Gasteiger partial charge < -0.3 is 10.1 Å². The van der Waals surface area contributed by atoms with Gasteiger partial charge in [0.15, 0.2) is 0 Å². The summed E-state index contributed by atoms with van der Waals surface area (Å²) in [6.45, 7) is 1.87. The fraction of sp³-hybridized carbons (Fsp3) is 0.381. The van der Waals surface area contributed by atoms with Crippen molar-refractivity contribution in [1.82, 2.24) is 9.62 Å². The lowest BCUT2D eigenvalue weighted by molar-refractivity contribution is -0.119. The molecule has 0 saturated carbocycles. The summed E-state index contributed by atoms with van der Waals surface area (Å²) in [6, 6.07) is 13.0. The summed E-state index contributed by atoms with van der Waals surface area (Å²) in [4.78, 5) is 12.5. The van der Waals surface area contributed by atoms with E-state index < -0.39 is 26.0 Å². The molecule has 0 radical (unpaired) electrons. The fourth-order valence-corrected chi connectivity index (χ4v) is 4.69. The lowest BCUT2D eigenvalue weighted by Crippen LogP contribution is -2.41. The van der Waals surface area contributed by atoms with Gasteiger partial charge in [0.05, 0.1) is 23.4 Å². The number of rotatable bonds is 11. The molecule has 0 unspecified atom stereocenters. The van der Waals surface area contributed by atoms with E-state index in [1.807, 2.05) is 19.1 Å². The van der Waals surface area contributed by atoms with Gasteiger partial charge in [-0.05, 0) is 42.3 Å². The molecule has 0 spiro atoms. The standard InChI is InChI=1S/C21H29N3O6S2/c1-5-17-8-6-7-9-20(17)24(31(4,26)27)16-21(25)22-14-15-30-18-10-12-19(13-11-18)32(28,29)23(2)3/h6-13H,5,14-16H2,1-4H3,(H,22,25). The molecule has 0 aliphatic heterocycles. The lowest BCUT2D eigenvalue weighted by atomic mass is 10.1. The van der Waals surface area contributed by atoms with Crippen molar-refractivity contribution in [2.45, 2.75) is 18.2 Å². The van der Waals surface area contributed by atoms with Crippen LogP contribution in [0.2, 0.25) is 0 Å². The minimum atomic E-state index is -3.65. The number of benzene rings is 2. The fourth-order valence-electron chi connectivity index (χ4n) is 2.90. The van der Waals surface area contributed by atoms with E-state index in [1.165, 1.54) is 38.4 Å². The first-order chi connectivity index (χ1) is 15.0. The zero-order valence-corrected chi connectivity index (χ0v) is 20.2. The summed E-state index contributed by atoms with van der Waals surface area (Å²) < 4.78 is 56.4. The molecule has 32 heavy (non-hydrogen) atoms. The van der Waals surface area contributed by atoms with E-state index in [0.717, 1.165) is 20.4 Å². The van der Waals surface area contributed by atoms with Crippen LogP contribution < -0.4 is 14.4 Å². The van der Waals surface area contributed by atoms with Crippen LogP contribution in [0.5, 0.6) is 5.75 Å². The quantitative estimate of drug-likeness (QED) is 0.484. The van der Waals surface area contributed by atoms with Crippen molar-refractivity contribution < 1.29 is 26.4 Å². The highest BCUT2D eigenvalue weighted by atomic mass is 32.2. The van der Waals surface area contributed by atoms with Crippen LogP contribution in [0.25, 0.3) is 0 Å². The average molecular weight is 484 g/mol. The van der Waals surface area contributed by atoms with E-state index >= 15 is 0 Å². The van der Waals surface area contributed by atoms with E-state index in [2.05, 4.69) is 5.32 Å². The lowest BCUT2D eigenvalue weighted by Gasteiger charge is -2.24. The third kappa shape index (κ3) is 6.68. The summed E-state index contributed by atoms with van der Waals surface area (Å²) in [5.41, 5.74) is 1.31. The molecule has 176 valence electrons. The van der Waals surface area contributed by atoms with Gasteiger partial charge in [-0.1, -0.05) is 25.1 Å². The molecule has 0 atom stereocenters. The summed E-state index contributed by atoms with van der Waals surface area (Å²) in [7, 11) is -4.26. The Morgan fingerprint density at radius 1 is 1.00 bits per heavy atom. The molecule has 1 N–H and O–H groups in total. The van der Waals surface area contributed by atoms with Gasteiger partial charge in [0.25, 0.3) is 0 Å². The zero-order chi connectivity index (χ0) is 23.9. The number of carbonyl (C=O) groups is 1. The highest BCUT2D eigenvalue weighted by Gasteiger charge is 2.22.